The largest absolute Gasteiger partial charge is 0.454 e. The molecule has 1 heterocycles. The SMILES string of the molecule is Cc1ccccc1N(CC(=O)N/N=C\c1ccc2c(c1)OCO2)C(=O)c1ccccc1. The average molecular weight is 415 g/mol. The zero-order valence-electron chi connectivity index (χ0n) is 16.9. The molecular formula is C24H21N3O4. The Kier molecular flexibility index (Phi) is 5.93. The Balaban J connectivity index is 1.48. The van der Waals surface area contributed by atoms with Gasteiger partial charge in [0.25, 0.3) is 11.8 Å². The van der Waals surface area contributed by atoms with Crippen molar-refractivity contribution in [2.45, 2.75) is 6.92 Å². The number of carbonyl (C=O) groups is 2. The number of rotatable bonds is 6. The molecule has 0 unspecified atom stereocenters. The van der Waals surface area contributed by atoms with Crippen molar-refractivity contribution < 1.29 is 19.1 Å². The average Bonchev–Trinajstić information content (AvgIpc) is 3.26. The summed E-state index contributed by atoms with van der Waals surface area (Å²) in [6, 6.07) is 21.7. The molecule has 156 valence electrons. The molecule has 0 fully saturated rings. The number of hydrogen-bond donors (Lipinski definition) is 1. The molecule has 0 aliphatic carbocycles. The summed E-state index contributed by atoms with van der Waals surface area (Å²) < 4.78 is 10.6. The molecule has 0 saturated heterocycles. The highest BCUT2D eigenvalue weighted by molar-refractivity contribution is 6.09. The smallest absolute Gasteiger partial charge is 0.260 e. The minimum Gasteiger partial charge on any atom is -0.454 e. The van der Waals surface area contributed by atoms with Gasteiger partial charge in [-0.05, 0) is 54.4 Å². The Morgan fingerprint density at radius 3 is 2.55 bits per heavy atom. The van der Waals surface area contributed by atoms with Crippen LogP contribution in [0.5, 0.6) is 11.5 Å². The predicted molar refractivity (Wildman–Crippen MR) is 118 cm³/mol. The summed E-state index contributed by atoms with van der Waals surface area (Å²) in [5, 5.41) is 4.01. The number of fused-ring (bicyclic) bond motifs is 1. The van der Waals surface area contributed by atoms with Crippen molar-refractivity contribution in [3.8, 4) is 11.5 Å². The van der Waals surface area contributed by atoms with Crippen molar-refractivity contribution in [3.05, 3.63) is 89.5 Å². The molecule has 0 aromatic heterocycles. The predicted octanol–water partition coefficient (Wildman–Crippen LogP) is 3.52. The summed E-state index contributed by atoms with van der Waals surface area (Å²) >= 11 is 0. The Morgan fingerprint density at radius 2 is 1.74 bits per heavy atom. The van der Waals surface area contributed by atoms with Gasteiger partial charge >= 0.3 is 0 Å². The Morgan fingerprint density at radius 1 is 1.00 bits per heavy atom. The molecule has 3 aromatic carbocycles. The molecule has 0 radical (unpaired) electrons. The van der Waals surface area contributed by atoms with Gasteiger partial charge in [-0.25, -0.2) is 5.43 Å². The molecule has 2 amide bonds. The van der Waals surface area contributed by atoms with E-state index in [-0.39, 0.29) is 19.2 Å². The van der Waals surface area contributed by atoms with Crippen molar-refractivity contribution in [1.29, 1.82) is 0 Å². The van der Waals surface area contributed by atoms with Crippen molar-refractivity contribution in [3.63, 3.8) is 0 Å². The molecule has 7 heteroatoms. The van der Waals surface area contributed by atoms with Gasteiger partial charge in [0, 0.05) is 11.3 Å². The van der Waals surface area contributed by atoms with Gasteiger partial charge in [0.15, 0.2) is 11.5 Å². The molecule has 0 saturated carbocycles. The number of amides is 2. The van der Waals surface area contributed by atoms with Gasteiger partial charge < -0.3 is 9.47 Å². The van der Waals surface area contributed by atoms with Crippen LogP contribution in [0.2, 0.25) is 0 Å². The number of hydrazone groups is 1. The van der Waals surface area contributed by atoms with Gasteiger partial charge in [-0.3, -0.25) is 14.5 Å². The van der Waals surface area contributed by atoms with Crippen molar-refractivity contribution in [2.75, 3.05) is 18.2 Å². The lowest BCUT2D eigenvalue weighted by Gasteiger charge is -2.23. The number of ether oxygens (including phenoxy) is 2. The van der Waals surface area contributed by atoms with E-state index in [0.717, 1.165) is 11.1 Å². The number of carbonyl (C=O) groups excluding carboxylic acids is 2. The summed E-state index contributed by atoms with van der Waals surface area (Å²) in [6.45, 7) is 1.92. The molecule has 0 atom stereocenters. The number of nitrogens with one attached hydrogen (secondary N) is 1. The number of para-hydroxylation sites is 1. The van der Waals surface area contributed by atoms with Crippen LogP contribution in [0.1, 0.15) is 21.5 Å². The third-order valence-electron chi connectivity index (χ3n) is 4.77. The zero-order valence-corrected chi connectivity index (χ0v) is 16.9. The van der Waals surface area contributed by atoms with Crippen LogP contribution in [0.3, 0.4) is 0 Å². The van der Waals surface area contributed by atoms with E-state index in [1.807, 2.05) is 43.3 Å². The van der Waals surface area contributed by atoms with E-state index in [1.54, 1.807) is 36.4 Å². The van der Waals surface area contributed by atoms with E-state index >= 15 is 0 Å². The lowest BCUT2D eigenvalue weighted by atomic mass is 10.1. The first kappa shape index (κ1) is 20.2. The Hall–Kier alpha value is -4.13. The van der Waals surface area contributed by atoms with Crippen LogP contribution >= 0.6 is 0 Å². The van der Waals surface area contributed by atoms with E-state index in [4.69, 9.17) is 9.47 Å². The van der Waals surface area contributed by atoms with Gasteiger partial charge in [0.05, 0.1) is 6.21 Å². The molecule has 1 N–H and O–H groups in total. The summed E-state index contributed by atoms with van der Waals surface area (Å²) in [5.74, 6) is 0.637. The summed E-state index contributed by atoms with van der Waals surface area (Å²) in [4.78, 5) is 27.2. The minimum atomic E-state index is -0.412. The standard InChI is InChI=1S/C24H21N3O4/c1-17-7-5-6-10-20(17)27(24(29)19-8-3-2-4-9-19)15-23(28)26-25-14-18-11-12-21-22(13-18)31-16-30-21/h2-14H,15-16H2,1H3,(H,26,28)/b25-14-. The van der Waals surface area contributed by atoms with Crippen molar-refractivity contribution in [1.82, 2.24) is 5.43 Å². The molecular weight excluding hydrogens is 394 g/mol. The number of anilines is 1. The summed E-state index contributed by atoms with van der Waals surface area (Å²) in [6.07, 6.45) is 1.51. The Bertz CT molecular complexity index is 1130. The van der Waals surface area contributed by atoms with Crippen molar-refractivity contribution in [2.24, 2.45) is 5.10 Å². The maximum Gasteiger partial charge on any atom is 0.260 e. The third kappa shape index (κ3) is 4.72. The lowest BCUT2D eigenvalue weighted by molar-refractivity contribution is -0.119. The van der Waals surface area contributed by atoms with Gasteiger partial charge in [0.1, 0.15) is 6.54 Å². The van der Waals surface area contributed by atoms with Gasteiger partial charge in [-0.1, -0.05) is 36.4 Å². The fraction of sp³-hybridized carbons (Fsp3) is 0.125. The van der Waals surface area contributed by atoms with Crippen LogP contribution in [-0.4, -0.2) is 31.4 Å². The van der Waals surface area contributed by atoms with E-state index < -0.39 is 5.91 Å². The maximum absolute atomic E-state index is 13.1. The second-order valence-electron chi connectivity index (χ2n) is 6.95. The first-order chi connectivity index (χ1) is 15.1. The van der Waals surface area contributed by atoms with Gasteiger partial charge in [0.2, 0.25) is 6.79 Å². The molecule has 0 bridgehead atoms. The summed E-state index contributed by atoms with van der Waals surface area (Å²) in [7, 11) is 0. The topological polar surface area (TPSA) is 80.2 Å². The van der Waals surface area contributed by atoms with E-state index in [0.29, 0.717) is 22.7 Å². The van der Waals surface area contributed by atoms with Gasteiger partial charge in [-0.2, -0.15) is 5.10 Å². The normalized spacial score (nSPS) is 12.0. The van der Waals surface area contributed by atoms with E-state index in [1.165, 1.54) is 11.1 Å². The highest BCUT2D eigenvalue weighted by Gasteiger charge is 2.21. The van der Waals surface area contributed by atoms with E-state index in [2.05, 4.69) is 10.5 Å². The van der Waals surface area contributed by atoms with Crippen LogP contribution in [0.15, 0.2) is 77.9 Å². The van der Waals surface area contributed by atoms with Crippen molar-refractivity contribution >= 4 is 23.7 Å². The quantitative estimate of drug-likeness (QED) is 0.493. The second kappa shape index (κ2) is 9.13. The van der Waals surface area contributed by atoms with Crippen LogP contribution in [0.25, 0.3) is 0 Å². The van der Waals surface area contributed by atoms with Crippen LogP contribution in [0.4, 0.5) is 5.69 Å². The molecule has 7 nitrogen and oxygen atoms in total. The number of aryl methyl sites for hydroxylation is 1. The number of hydrogen-bond acceptors (Lipinski definition) is 5. The highest BCUT2D eigenvalue weighted by atomic mass is 16.7. The molecule has 31 heavy (non-hydrogen) atoms. The van der Waals surface area contributed by atoms with Crippen LogP contribution < -0.4 is 19.8 Å². The zero-order chi connectivity index (χ0) is 21.6. The number of benzene rings is 3. The molecule has 3 aromatic rings. The molecule has 0 spiro atoms. The Labute approximate surface area is 179 Å². The van der Waals surface area contributed by atoms with Crippen LogP contribution in [0, 0.1) is 6.92 Å². The monoisotopic (exact) mass is 415 g/mol. The minimum absolute atomic E-state index is 0.170. The van der Waals surface area contributed by atoms with Gasteiger partial charge in [-0.15, -0.1) is 0 Å². The molecule has 1 aliphatic heterocycles. The first-order valence-electron chi connectivity index (χ1n) is 9.76. The lowest BCUT2D eigenvalue weighted by Crippen LogP contribution is -2.40. The molecule has 1 aliphatic rings. The van der Waals surface area contributed by atoms with Crippen LogP contribution in [-0.2, 0) is 4.79 Å². The second-order valence-corrected chi connectivity index (χ2v) is 6.95. The fourth-order valence-corrected chi connectivity index (χ4v) is 3.22. The number of nitrogens with zero attached hydrogens (tertiary/aromatic N) is 2. The highest BCUT2D eigenvalue weighted by Crippen LogP contribution is 2.32. The molecule has 4 rings (SSSR count). The fourth-order valence-electron chi connectivity index (χ4n) is 3.22. The maximum atomic E-state index is 13.1. The van der Waals surface area contributed by atoms with E-state index in [9.17, 15) is 9.59 Å². The summed E-state index contributed by atoms with van der Waals surface area (Å²) in [5.41, 5.74) is 5.31. The first-order valence-corrected chi connectivity index (χ1v) is 9.76. The third-order valence-corrected chi connectivity index (χ3v) is 4.77.